The number of benzene rings is 2. The molecule has 0 aliphatic carbocycles. The molecule has 0 saturated carbocycles. The van der Waals surface area contributed by atoms with Crippen LogP contribution in [0.2, 0.25) is 0 Å². The molecule has 2 aromatic carbocycles. The van der Waals surface area contributed by atoms with Crippen molar-refractivity contribution in [1.29, 1.82) is 0 Å². The van der Waals surface area contributed by atoms with Gasteiger partial charge in [0.25, 0.3) is 5.91 Å². The van der Waals surface area contributed by atoms with Crippen LogP contribution in [0.5, 0.6) is 5.75 Å². The second-order valence-electron chi connectivity index (χ2n) is 7.75. The Morgan fingerprint density at radius 1 is 1.10 bits per heavy atom. The molecule has 4 rings (SSSR count). The fourth-order valence-electron chi connectivity index (χ4n) is 3.58. The van der Waals surface area contributed by atoms with Gasteiger partial charge in [-0.25, -0.2) is 0 Å². The summed E-state index contributed by atoms with van der Waals surface area (Å²) in [6, 6.07) is 15.3. The Kier molecular flexibility index (Phi) is 6.18. The van der Waals surface area contributed by atoms with Crippen LogP contribution >= 0.6 is 0 Å². The first-order chi connectivity index (χ1) is 15.0. The summed E-state index contributed by atoms with van der Waals surface area (Å²) in [7, 11) is 5.58. The van der Waals surface area contributed by atoms with Crippen LogP contribution in [0.4, 0.5) is 5.69 Å². The van der Waals surface area contributed by atoms with Crippen LogP contribution in [0.1, 0.15) is 16.2 Å². The van der Waals surface area contributed by atoms with E-state index < -0.39 is 0 Å². The van der Waals surface area contributed by atoms with Crippen molar-refractivity contribution in [3.63, 3.8) is 0 Å². The molecule has 0 atom stereocenters. The maximum Gasteiger partial charge on any atom is 0.254 e. The number of anilines is 1. The molecular weight excluding hydrogens is 394 g/mol. The molecule has 0 radical (unpaired) electrons. The molecule has 0 spiro atoms. The minimum absolute atomic E-state index is 0.0722. The quantitative estimate of drug-likeness (QED) is 0.606. The van der Waals surface area contributed by atoms with E-state index in [1.807, 2.05) is 72.4 Å². The SMILES string of the molecule is COc1ccc(-c2noc(CN3CCN(C(=O)c4cccc(N(C)C)c4)CC3)n2)cc1. The number of aromatic nitrogens is 2. The predicted octanol–water partition coefficient (Wildman–Crippen LogP) is 2.77. The molecule has 2 heterocycles. The summed E-state index contributed by atoms with van der Waals surface area (Å²) in [4.78, 5) is 23.5. The molecule has 1 aromatic heterocycles. The van der Waals surface area contributed by atoms with Gasteiger partial charge in [-0.2, -0.15) is 4.98 Å². The molecular formula is C23H27N5O3. The first-order valence-electron chi connectivity index (χ1n) is 10.3. The Balaban J connectivity index is 1.33. The van der Waals surface area contributed by atoms with Crippen molar-refractivity contribution in [3.05, 3.63) is 60.0 Å². The lowest BCUT2D eigenvalue weighted by molar-refractivity contribution is 0.0615. The van der Waals surface area contributed by atoms with Crippen LogP contribution in [0.15, 0.2) is 53.1 Å². The lowest BCUT2D eigenvalue weighted by atomic mass is 10.1. The van der Waals surface area contributed by atoms with Gasteiger partial charge in [0.2, 0.25) is 11.7 Å². The molecule has 1 aliphatic heterocycles. The van der Waals surface area contributed by atoms with E-state index in [9.17, 15) is 4.79 Å². The van der Waals surface area contributed by atoms with Crippen molar-refractivity contribution in [3.8, 4) is 17.1 Å². The summed E-state index contributed by atoms with van der Waals surface area (Å²) in [5.41, 5.74) is 2.63. The topological polar surface area (TPSA) is 74.9 Å². The molecule has 0 N–H and O–H groups in total. The smallest absolute Gasteiger partial charge is 0.254 e. The van der Waals surface area contributed by atoms with E-state index in [-0.39, 0.29) is 5.91 Å². The Labute approximate surface area is 182 Å². The lowest BCUT2D eigenvalue weighted by Gasteiger charge is -2.34. The number of amides is 1. The molecule has 162 valence electrons. The molecule has 31 heavy (non-hydrogen) atoms. The van der Waals surface area contributed by atoms with E-state index in [2.05, 4.69) is 15.0 Å². The van der Waals surface area contributed by atoms with E-state index in [1.165, 1.54) is 0 Å². The zero-order valence-electron chi connectivity index (χ0n) is 18.1. The molecule has 8 nitrogen and oxygen atoms in total. The van der Waals surface area contributed by atoms with Gasteiger partial charge in [-0.05, 0) is 42.5 Å². The predicted molar refractivity (Wildman–Crippen MR) is 118 cm³/mol. The number of ether oxygens (including phenoxy) is 1. The Bertz CT molecular complexity index is 1020. The van der Waals surface area contributed by atoms with Crippen molar-refractivity contribution in [2.45, 2.75) is 6.54 Å². The van der Waals surface area contributed by atoms with E-state index >= 15 is 0 Å². The zero-order chi connectivity index (χ0) is 21.8. The van der Waals surface area contributed by atoms with Crippen molar-refractivity contribution < 1.29 is 14.1 Å². The van der Waals surface area contributed by atoms with E-state index in [0.29, 0.717) is 31.3 Å². The molecule has 1 amide bonds. The number of rotatable bonds is 6. The molecule has 0 bridgehead atoms. The van der Waals surface area contributed by atoms with Crippen LogP contribution in [0.3, 0.4) is 0 Å². The molecule has 1 saturated heterocycles. The third-order valence-corrected chi connectivity index (χ3v) is 5.44. The fraction of sp³-hybridized carbons (Fsp3) is 0.348. The zero-order valence-corrected chi connectivity index (χ0v) is 18.1. The standard InChI is InChI=1S/C23H27N5O3/c1-26(2)19-6-4-5-18(15-19)23(29)28-13-11-27(12-14-28)16-21-24-22(25-31-21)17-7-9-20(30-3)10-8-17/h4-10,15H,11-14,16H2,1-3H3. The van der Waals surface area contributed by atoms with Crippen molar-refractivity contribution in [2.24, 2.45) is 0 Å². The summed E-state index contributed by atoms with van der Waals surface area (Å²) in [6.07, 6.45) is 0. The molecule has 1 aliphatic rings. The highest BCUT2D eigenvalue weighted by Gasteiger charge is 2.23. The maximum atomic E-state index is 12.9. The van der Waals surface area contributed by atoms with Crippen molar-refractivity contribution >= 4 is 11.6 Å². The van der Waals surface area contributed by atoms with Crippen LogP contribution in [-0.4, -0.2) is 73.2 Å². The number of hydrogen-bond acceptors (Lipinski definition) is 7. The highest BCUT2D eigenvalue weighted by atomic mass is 16.5. The normalized spacial score (nSPS) is 14.5. The molecule has 3 aromatic rings. The van der Waals surface area contributed by atoms with Crippen LogP contribution < -0.4 is 9.64 Å². The highest BCUT2D eigenvalue weighted by Crippen LogP contribution is 2.21. The van der Waals surface area contributed by atoms with Gasteiger partial charge in [0, 0.05) is 57.1 Å². The summed E-state index contributed by atoms with van der Waals surface area (Å²) in [6.45, 7) is 3.44. The van der Waals surface area contributed by atoms with Crippen LogP contribution in [-0.2, 0) is 6.54 Å². The fourth-order valence-corrected chi connectivity index (χ4v) is 3.58. The Morgan fingerprint density at radius 2 is 1.84 bits per heavy atom. The summed E-state index contributed by atoms with van der Waals surface area (Å²) < 4.78 is 10.6. The number of hydrogen-bond donors (Lipinski definition) is 0. The number of carbonyl (C=O) groups excluding carboxylic acids is 1. The van der Waals surface area contributed by atoms with Gasteiger partial charge < -0.3 is 19.1 Å². The third kappa shape index (κ3) is 4.86. The number of nitrogens with zero attached hydrogens (tertiary/aromatic N) is 5. The number of piperazine rings is 1. The van der Waals surface area contributed by atoms with Gasteiger partial charge in [0.15, 0.2) is 0 Å². The Morgan fingerprint density at radius 3 is 2.52 bits per heavy atom. The second-order valence-corrected chi connectivity index (χ2v) is 7.75. The number of methoxy groups -OCH3 is 1. The lowest BCUT2D eigenvalue weighted by Crippen LogP contribution is -2.48. The monoisotopic (exact) mass is 421 g/mol. The van der Waals surface area contributed by atoms with E-state index in [0.717, 1.165) is 35.7 Å². The van der Waals surface area contributed by atoms with E-state index in [1.54, 1.807) is 7.11 Å². The average Bonchev–Trinajstić information content (AvgIpc) is 3.27. The minimum atomic E-state index is 0.0722. The van der Waals surface area contributed by atoms with Gasteiger partial charge in [-0.1, -0.05) is 11.2 Å². The van der Waals surface area contributed by atoms with Gasteiger partial charge in [0.05, 0.1) is 13.7 Å². The molecule has 1 fully saturated rings. The van der Waals surface area contributed by atoms with Gasteiger partial charge in [-0.15, -0.1) is 0 Å². The van der Waals surface area contributed by atoms with Crippen molar-refractivity contribution in [2.75, 3.05) is 52.3 Å². The maximum absolute atomic E-state index is 12.9. The highest BCUT2D eigenvalue weighted by molar-refractivity contribution is 5.95. The second kappa shape index (κ2) is 9.18. The van der Waals surface area contributed by atoms with Crippen LogP contribution in [0, 0.1) is 0 Å². The largest absolute Gasteiger partial charge is 0.497 e. The first kappa shape index (κ1) is 20.9. The minimum Gasteiger partial charge on any atom is -0.497 e. The summed E-state index contributed by atoms with van der Waals surface area (Å²) >= 11 is 0. The third-order valence-electron chi connectivity index (χ3n) is 5.44. The van der Waals surface area contributed by atoms with Gasteiger partial charge in [0.1, 0.15) is 5.75 Å². The summed E-state index contributed by atoms with van der Waals surface area (Å²) in [5, 5.41) is 4.09. The van der Waals surface area contributed by atoms with Crippen LogP contribution in [0.25, 0.3) is 11.4 Å². The molecule has 8 heteroatoms. The summed E-state index contributed by atoms with van der Waals surface area (Å²) in [5.74, 6) is 1.99. The first-order valence-corrected chi connectivity index (χ1v) is 10.3. The number of carbonyl (C=O) groups is 1. The van der Waals surface area contributed by atoms with E-state index in [4.69, 9.17) is 9.26 Å². The Hall–Kier alpha value is -3.39. The van der Waals surface area contributed by atoms with Crippen molar-refractivity contribution in [1.82, 2.24) is 19.9 Å². The van der Waals surface area contributed by atoms with Gasteiger partial charge >= 0.3 is 0 Å². The van der Waals surface area contributed by atoms with Gasteiger partial charge in [-0.3, -0.25) is 9.69 Å². The molecule has 0 unspecified atom stereocenters. The average molecular weight is 422 g/mol.